The summed E-state index contributed by atoms with van der Waals surface area (Å²) in [5, 5.41) is 0. The first-order chi connectivity index (χ1) is 21.5. The average Bonchev–Trinajstić information content (AvgIpc) is 3.04. The Hall–Kier alpha value is -0.260. The molecule has 0 aliphatic rings. The lowest BCUT2D eigenvalue weighted by Gasteiger charge is -2.42. The van der Waals surface area contributed by atoms with E-state index in [2.05, 4.69) is 54.2 Å². The predicted molar refractivity (Wildman–Crippen MR) is 205 cm³/mol. The molecule has 0 bridgehead atoms. The van der Waals surface area contributed by atoms with Crippen LogP contribution in [0.25, 0.3) is 0 Å². The van der Waals surface area contributed by atoms with Gasteiger partial charge in [0.1, 0.15) is 0 Å². The zero-order chi connectivity index (χ0) is 32.6. The Morgan fingerprint density at radius 3 is 0.977 bits per heavy atom. The van der Waals surface area contributed by atoms with E-state index in [1.54, 1.807) is 0 Å². The second kappa shape index (κ2) is 32.7. The van der Waals surface area contributed by atoms with Crippen molar-refractivity contribution in [3.05, 3.63) is 12.7 Å². The summed E-state index contributed by atoms with van der Waals surface area (Å²) in [5.74, 6) is 2.85. The Labute approximate surface area is 282 Å². The van der Waals surface area contributed by atoms with E-state index in [9.17, 15) is 0 Å². The lowest BCUT2D eigenvalue weighted by Crippen LogP contribution is -2.30. The molecule has 0 saturated heterocycles. The number of hydrogen-bond acceptors (Lipinski definition) is 0. The van der Waals surface area contributed by atoms with E-state index >= 15 is 0 Å². The number of allylic oxidation sites excluding steroid dienone is 1. The molecular weight excluding hydrogens is 528 g/mol. The Balaban J connectivity index is 4.86. The summed E-state index contributed by atoms with van der Waals surface area (Å²) < 4.78 is 0. The van der Waals surface area contributed by atoms with Gasteiger partial charge in [0.05, 0.1) is 0 Å². The molecule has 0 rings (SSSR count). The van der Waals surface area contributed by atoms with Crippen molar-refractivity contribution in [2.75, 3.05) is 0 Å². The van der Waals surface area contributed by atoms with Crippen molar-refractivity contribution < 1.29 is 0 Å². The van der Waals surface area contributed by atoms with Crippen LogP contribution in [0.3, 0.4) is 0 Å². The molecule has 0 amide bonds. The molecule has 0 N–H and O–H groups in total. The minimum atomic E-state index is 0.600. The molecule has 0 spiro atoms. The molecule has 0 nitrogen and oxygen atoms in total. The highest BCUT2D eigenvalue weighted by atomic mass is 14.4. The van der Waals surface area contributed by atoms with Gasteiger partial charge in [-0.2, -0.15) is 0 Å². The van der Waals surface area contributed by atoms with Crippen molar-refractivity contribution in [2.45, 2.75) is 247 Å². The van der Waals surface area contributed by atoms with E-state index in [-0.39, 0.29) is 0 Å². The van der Waals surface area contributed by atoms with E-state index in [1.807, 2.05) is 0 Å². The van der Waals surface area contributed by atoms with Gasteiger partial charge in [0.15, 0.2) is 0 Å². The average molecular weight is 617 g/mol. The first-order valence-corrected chi connectivity index (χ1v) is 21.1. The highest BCUT2D eigenvalue weighted by Gasteiger charge is 2.36. The topological polar surface area (TPSA) is 0 Å². The normalized spacial score (nSPS) is 15.2. The van der Waals surface area contributed by atoms with Gasteiger partial charge in [-0.1, -0.05) is 215 Å². The van der Waals surface area contributed by atoms with Gasteiger partial charge in [0.2, 0.25) is 0 Å². The van der Waals surface area contributed by atoms with Crippen molar-refractivity contribution in [2.24, 2.45) is 23.2 Å². The lowest BCUT2D eigenvalue weighted by atomic mass is 9.63. The van der Waals surface area contributed by atoms with Crippen LogP contribution in [0.4, 0.5) is 0 Å². The van der Waals surface area contributed by atoms with Crippen molar-refractivity contribution in [1.82, 2.24) is 0 Å². The van der Waals surface area contributed by atoms with E-state index in [4.69, 9.17) is 0 Å². The molecule has 264 valence electrons. The molecule has 0 fully saturated rings. The molecule has 3 unspecified atom stereocenters. The van der Waals surface area contributed by atoms with Crippen LogP contribution >= 0.6 is 0 Å². The van der Waals surface area contributed by atoms with Crippen LogP contribution in [0, 0.1) is 23.2 Å². The lowest BCUT2D eigenvalue weighted by molar-refractivity contribution is 0.0902. The van der Waals surface area contributed by atoms with Crippen LogP contribution in [0.5, 0.6) is 0 Å². The number of rotatable bonds is 36. The van der Waals surface area contributed by atoms with Crippen LogP contribution in [0.2, 0.25) is 0 Å². The molecule has 0 aromatic rings. The monoisotopic (exact) mass is 617 g/mol. The maximum atomic E-state index is 3.83. The highest BCUT2D eigenvalue weighted by Crippen LogP contribution is 2.48. The standard InChI is InChI=1S/C44H88/c1-8-15-19-20-21-22-23-24-25-26-27-28-29-30-31-32-33-37-44(38-41(12-5)34-16-9-2,39-42(13-6)35-17-10-3)40-43(14-7)36-18-11-4/h8,41-43H,1,9-40H2,2-7H3. The molecule has 44 heavy (non-hydrogen) atoms. The van der Waals surface area contributed by atoms with Crippen LogP contribution < -0.4 is 0 Å². The minimum absolute atomic E-state index is 0.600. The Morgan fingerprint density at radius 2 is 0.705 bits per heavy atom. The molecule has 0 aromatic heterocycles. The second-order valence-corrected chi connectivity index (χ2v) is 15.5. The SMILES string of the molecule is C=CCCCCCCCCCCCCCCCCCC(CC(CC)CCCC)(CC(CC)CCCC)CC(CC)CCCC. The summed E-state index contributed by atoms with van der Waals surface area (Å²) in [6.07, 6.45) is 48.3. The quantitative estimate of drug-likeness (QED) is 0.0485. The molecule has 0 heterocycles. The zero-order valence-electron chi connectivity index (χ0n) is 32.1. The van der Waals surface area contributed by atoms with Gasteiger partial charge in [-0.15, -0.1) is 6.58 Å². The first-order valence-electron chi connectivity index (χ1n) is 21.1. The van der Waals surface area contributed by atoms with Crippen LogP contribution in [-0.4, -0.2) is 0 Å². The molecule has 0 aliphatic heterocycles. The third-order valence-corrected chi connectivity index (χ3v) is 11.4. The summed E-state index contributed by atoms with van der Waals surface area (Å²) in [5.41, 5.74) is 0.600. The van der Waals surface area contributed by atoms with Gasteiger partial charge >= 0.3 is 0 Å². The third-order valence-electron chi connectivity index (χ3n) is 11.4. The fourth-order valence-electron chi connectivity index (χ4n) is 8.31. The fraction of sp³-hybridized carbons (Fsp3) is 0.955. The summed E-state index contributed by atoms with van der Waals surface area (Å²) in [7, 11) is 0. The van der Waals surface area contributed by atoms with E-state index in [1.165, 1.54) is 205 Å². The molecule has 0 radical (unpaired) electrons. The Bertz CT molecular complexity index is 515. The Kier molecular flexibility index (Phi) is 32.5. The summed E-state index contributed by atoms with van der Waals surface area (Å²) in [4.78, 5) is 0. The van der Waals surface area contributed by atoms with E-state index < -0.39 is 0 Å². The highest BCUT2D eigenvalue weighted by molar-refractivity contribution is 4.87. The summed E-state index contributed by atoms with van der Waals surface area (Å²) >= 11 is 0. The van der Waals surface area contributed by atoms with Crippen LogP contribution in [0.1, 0.15) is 247 Å². The molecule has 0 saturated carbocycles. The third kappa shape index (κ3) is 24.9. The smallest absolute Gasteiger partial charge is 0.0290 e. The van der Waals surface area contributed by atoms with Gasteiger partial charge in [-0.05, 0) is 61.7 Å². The summed E-state index contributed by atoms with van der Waals surface area (Å²) in [6.45, 7) is 18.5. The van der Waals surface area contributed by atoms with Gasteiger partial charge in [-0.25, -0.2) is 0 Å². The second-order valence-electron chi connectivity index (χ2n) is 15.5. The molecule has 0 aromatic carbocycles. The first kappa shape index (κ1) is 43.7. The summed E-state index contributed by atoms with van der Waals surface area (Å²) in [6, 6.07) is 0. The molecule has 3 atom stereocenters. The van der Waals surface area contributed by atoms with Gasteiger partial charge in [0, 0.05) is 0 Å². The maximum absolute atomic E-state index is 3.83. The zero-order valence-corrected chi connectivity index (χ0v) is 32.1. The van der Waals surface area contributed by atoms with Gasteiger partial charge in [0.25, 0.3) is 0 Å². The molecular formula is C44H88. The van der Waals surface area contributed by atoms with Gasteiger partial charge in [-0.3, -0.25) is 0 Å². The van der Waals surface area contributed by atoms with E-state index in [0.29, 0.717) is 5.41 Å². The van der Waals surface area contributed by atoms with Crippen molar-refractivity contribution in [3.8, 4) is 0 Å². The minimum Gasteiger partial charge on any atom is -0.103 e. The van der Waals surface area contributed by atoms with Crippen molar-refractivity contribution >= 4 is 0 Å². The van der Waals surface area contributed by atoms with Gasteiger partial charge < -0.3 is 0 Å². The maximum Gasteiger partial charge on any atom is -0.0290 e. The molecule has 0 aliphatic carbocycles. The Morgan fingerprint density at radius 1 is 0.409 bits per heavy atom. The fourth-order valence-corrected chi connectivity index (χ4v) is 8.31. The van der Waals surface area contributed by atoms with Crippen LogP contribution in [0.15, 0.2) is 12.7 Å². The van der Waals surface area contributed by atoms with Crippen molar-refractivity contribution in [1.29, 1.82) is 0 Å². The van der Waals surface area contributed by atoms with Crippen molar-refractivity contribution in [3.63, 3.8) is 0 Å². The largest absolute Gasteiger partial charge is 0.103 e. The predicted octanol–water partition coefficient (Wildman–Crippen LogP) is 16.6. The number of hydrogen-bond donors (Lipinski definition) is 0. The van der Waals surface area contributed by atoms with E-state index in [0.717, 1.165) is 17.8 Å². The number of unbranched alkanes of at least 4 members (excludes halogenated alkanes) is 18. The molecule has 0 heteroatoms. The van der Waals surface area contributed by atoms with Crippen LogP contribution in [-0.2, 0) is 0 Å².